The normalized spacial score (nSPS) is 10.8. The van der Waals surface area contributed by atoms with E-state index in [1.54, 1.807) is 35.5 Å². The number of amides is 1. The van der Waals surface area contributed by atoms with E-state index < -0.39 is 0 Å². The Bertz CT molecular complexity index is 1220. The van der Waals surface area contributed by atoms with Crippen LogP contribution in [-0.2, 0) is 24.3 Å². The molecule has 2 heterocycles. The van der Waals surface area contributed by atoms with E-state index in [0.717, 1.165) is 16.2 Å². The van der Waals surface area contributed by atoms with Crippen molar-refractivity contribution in [1.82, 2.24) is 15.1 Å². The molecule has 152 valence electrons. The van der Waals surface area contributed by atoms with Crippen LogP contribution < -0.4 is 10.3 Å². The molecule has 7 heteroatoms. The summed E-state index contributed by atoms with van der Waals surface area (Å²) >= 11 is 1.61. The van der Waals surface area contributed by atoms with E-state index >= 15 is 0 Å². The summed E-state index contributed by atoms with van der Waals surface area (Å²) in [6.45, 7) is 0.915. The molecule has 0 unspecified atom stereocenters. The second-order valence-electron chi connectivity index (χ2n) is 6.86. The second kappa shape index (κ2) is 8.92. The number of nitrogens with zero attached hydrogens (tertiary/aromatic N) is 2. The monoisotopic (exact) mass is 419 g/mol. The summed E-state index contributed by atoms with van der Waals surface area (Å²) in [5.74, 6) is 0.674. The lowest BCUT2D eigenvalue weighted by Gasteiger charge is -2.23. The molecule has 0 aliphatic carbocycles. The first-order chi connectivity index (χ1) is 14.7. The molecule has 0 fully saturated rings. The van der Waals surface area contributed by atoms with Crippen molar-refractivity contribution in [3.05, 3.63) is 92.5 Å². The van der Waals surface area contributed by atoms with Gasteiger partial charge in [0, 0.05) is 22.4 Å². The number of nitrogens with one attached hydrogen (secondary N) is 1. The van der Waals surface area contributed by atoms with Crippen LogP contribution in [0.2, 0.25) is 0 Å². The van der Waals surface area contributed by atoms with Crippen LogP contribution in [0.4, 0.5) is 0 Å². The van der Waals surface area contributed by atoms with Gasteiger partial charge in [-0.15, -0.1) is 11.3 Å². The van der Waals surface area contributed by atoms with E-state index in [1.807, 2.05) is 53.9 Å². The summed E-state index contributed by atoms with van der Waals surface area (Å²) < 4.78 is 5.46. The average molecular weight is 420 g/mol. The van der Waals surface area contributed by atoms with E-state index in [9.17, 15) is 9.59 Å². The highest BCUT2D eigenvalue weighted by atomic mass is 32.1. The number of aromatic amines is 1. The highest BCUT2D eigenvalue weighted by Crippen LogP contribution is 2.23. The maximum Gasteiger partial charge on any atom is 0.272 e. The molecule has 0 radical (unpaired) electrons. The minimum atomic E-state index is -0.258. The summed E-state index contributed by atoms with van der Waals surface area (Å²) in [4.78, 5) is 28.3. The molecule has 30 heavy (non-hydrogen) atoms. The lowest BCUT2D eigenvalue weighted by atomic mass is 10.1. The van der Waals surface area contributed by atoms with Gasteiger partial charge in [-0.3, -0.25) is 9.59 Å². The van der Waals surface area contributed by atoms with Crippen LogP contribution in [0.5, 0.6) is 5.75 Å². The van der Waals surface area contributed by atoms with Crippen molar-refractivity contribution in [3.63, 3.8) is 0 Å². The Morgan fingerprint density at radius 2 is 1.80 bits per heavy atom. The second-order valence-corrected chi connectivity index (χ2v) is 7.90. The molecule has 4 aromatic rings. The van der Waals surface area contributed by atoms with E-state index in [4.69, 9.17) is 4.74 Å². The third kappa shape index (κ3) is 4.26. The third-order valence-electron chi connectivity index (χ3n) is 4.93. The maximum atomic E-state index is 13.3. The number of aromatic nitrogens is 2. The van der Waals surface area contributed by atoms with Gasteiger partial charge in [-0.05, 0) is 23.6 Å². The first-order valence-corrected chi connectivity index (χ1v) is 10.4. The molecule has 0 bridgehead atoms. The number of carbonyl (C=O) groups is 1. The number of ether oxygens (including phenoxy) is 1. The topological polar surface area (TPSA) is 75.3 Å². The van der Waals surface area contributed by atoms with Gasteiger partial charge >= 0.3 is 0 Å². The number of methoxy groups -OCH3 is 1. The number of hydrogen-bond acceptors (Lipinski definition) is 5. The van der Waals surface area contributed by atoms with Gasteiger partial charge in [0.25, 0.3) is 5.56 Å². The Kier molecular flexibility index (Phi) is 5.90. The Labute approximate surface area is 177 Å². The first kappa shape index (κ1) is 19.8. The number of benzene rings is 2. The van der Waals surface area contributed by atoms with Crippen molar-refractivity contribution in [2.45, 2.75) is 19.5 Å². The molecule has 1 amide bonds. The SMILES string of the molecule is COc1ccccc1CN(Cc1cccs1)C(=O)Cc1n[nH]c(=O)c2ccccc12. The lowest BCUT2D eigenvalue weighted by molar-refractivity contribution is -0.131. The largest absolute Gasteiger partial charge is 0.496 e. The van der Waals surface area contributed by atoms with Gasteiger partial charge in [0.15, 0.2) is 0 Å². The fourth-order valence-corrected chi connectivity index (χ4v) is 4.14. The third-order valence-corrected chi connectivity index (χ3v) is 5.79. The Morgan fingerprint density at radius 1 is 1.03 bits per heavy atom. The molecule has 0 aliphatic heterocycles. The molecule has 2 aromatic carbocycles. The molecule has 0 saturated heterocycles. The minimum Gasteiger partial charge on any atom is -0.496 e. The highest BCUT2D eigenvalue weighted by Gasteiger charge is 2.19. The lowest BCUT2D eigenvalue weighted by Crippen LogP contribution is -2.32. The van der Waals surface area contributed by atoms with Crippen molar-refractivity contribution >= 4 is 28.0 Å². The zero-order valence-electron chi connectivity index (χ0n) is 16.5. The van der Waals surface area contributed by atoms with Crippen molar-refractivity contribution in [3.8, 4) is 5.75 Å². The van der Waals surface area contributed by atoms with E-state index in [2.05, 4.69) is 10.2 Å². The number of hydrogen-bond donors (Lipinski definition) is 1. The number of thiophene rings is 1. The van der Waals surface area contributed by atoms with E-state index in [-0.39, 0.29) is 17.9 Å². The van der Waals surface area contributed by atoms with Crippen molar-refractivity contribution in [2.24, 2.45) is 0 Å². The van der Waals surface area contributed by atoms with Crippen LogP contribution in [0.3, 0.4) is 0 Å². The fraction of sp³-hybridized carbons (Fsp3) is 0.174. The predicted molar refractivity (Wildman–Crippen MR) is 118 cm³/mol. The molecule has 0 spiro atoms. The van der Waals surface area contributed by atoms with Gasteiger partial charge in [-0.1, -0.05) is 42.5 Å². The minimum absolute atomic E-state index is 0.0704. The maximum absolute atomic E-state index is 13.3. The molecular formula is C23H21N3O3S. The number of rotatable bonds is 7. The number of fused-ring (bicyclic) bond motifs is 1. The molecular weight excluding hydrogens is 398 g/mol. The summed E-state index contributed by atoms with van der Waals surface area (Å²) in [6, 6.07) is 18.9. The first-order valence-electron chi connectivity index (χ1n) is 9.54. The molecule has 2 aromatic heterocycles. The zero-order valence-corrected chi connectivity index (χ0v) is 17.3. The zero-order chi connectivity index (χ0) is 20.9. The smallest absolute Gasteiger partial charge is 0.272 e. The van der Waals surface area contributed by atoms with Crippen molar-refractivity contribution in [1.29, 1.82) is 0 Å². The Morgan fingerprint density at radius 3 is 2.57 bits per heavy atom. The van der Waals surface area contributed by atoms with Crippen LogP contribution in [0.15, 0.2) is 70.8 Å². The molecule has 0 saturated carbocycles. The van der Waals surface area contributed by atoms with Gasteiger partial charge in [-0.25, -0.2) is 5.10 Å². The van der Waals surface area contributed by atoms with E-state index in [1.165, 1.54) is 0 Å². The van der Waals surface area contributed by atoms with Crippen LogP contribution in [0.1, 0.15) is 16.1 Å². The van der Waals surface area contributed by atoms with Gasteiger partial charge in [0.05, 0.1) is 31.2 Å². The Balaban J connectivity index is 1.64. The Hall–Kier alpha value is -3.45. The number of H-pyrrole nitrogens is 1. The standard InChI is InChI=1S/C23H21N3O3S/c1-29-21-11-5-2-7-16(21)14-26(15-17-8-6-12-30-17)22(27)13-20-18-9-3-4-10-19(18)23(28)25-24-20/h2-12H,13-15H2,1H3,(H,25,28). The predicted octanol–water partition coefficient (Wildman–Crippen LogP) is 3.76. The van der Waals surface area contributed by atoms with Crippen LogP contribution in [0.25, 0.3) is 10.8 Å². The summed E-state index contributed by atoms with van der Waals surface area (Å²) in [6.07, 6.45) is 0.0951. The summed E-state index contributed by atoms with van der Waals surface area (Å²) in [5.41, 5.74) is 1.24. The molecule has 1 N–H and O–H groups in total. The van der Waals surface area contributed by atoms with Crippen LogP contribution in [0, 0.1) is 0 Å². The average Bonchev–Trinajstić information content (AvgIpc) is 3.29. The quantitative estimate of drug-likeness (QED) is 0.495. The van der Waals surface area contributed by atoms with Gasteiger partial charge in [0.2, 0.25) is 5.91 Å². The summed E-state index contributed by atoms with van der Waals surface area (Å²) in [7, 11) is 1.63. The summed E-state index contributed by atoms with van der Waals surface area (Å²) in [5, 5.41) is 9.89. The van der Waals surface area contributed by atoms with Gasteiger partial charge < -0.3 is 9.64 Å². The molecule has 0 atom stereocenters. The van der Waals surface area contributed by atoms with Crippen LogP contribution >= 0.6 is 11.3 Å². The molecule has 4 rings (SSSR count). The van der Waals surface area contributed by atoms with Crippen molar-refractivity contribution < 1.29 is 9.53 Å². The fourth-order valence-electron chi connectivity index (χ4n) is 3.42. The van der Waals surface area contributed by atoms with E-state index in [0.29, 0.717) is 29.6 Å². The van der Waals surface area contributed by atoms with Crippen LogP contribution in [-0.4, -0.2) is 28.1 Å². The molecule has 6 nitrogen and oxygen atoms in total. The van der Waals surface area contributed by atoms with Crippen molar-refractivity contribution in [2.75, 3.05) is 7.11 Å². The molecule has 0 aliphatic rings. The number of carbonyl (C=O) groups excluding carboxylic acids is 1. The number of para-hydroxylation sites is 1. The van der Waals surface area contributed by atoms with Gasteiger partial charge in [-0.2, -0.15) is 5.10 Å². The van der Waals surface area contributed by atoms with Gasteiger partial charge in [0.1, 0.15) is 5.75 Å². The highest BCUT2D eigenvalue weighted by molar-refractivity contribution is 7.09.